The molecule has 0 saturated heterocycles. The van der Waals surface area contributed by atoms with Gasteiger partial charge < -0.3 is 0 Å². The second kappa shape index (κ2) is 3.29. The van der Waals surface area contributed by atoms with Gasteiger partial charge in [0, 0.05) is 9.79 Å². The summed E-state index contributed by atoms with van der Waals surface area (Å²) < 4.78 is 30.0. The zero-order valence-electron chi connectivity index (χ0n) is 5.80. The Morgan fingerprint density at radius 3 is 2.25 bits per heavy atom. The van der Waals surface area contributed by atoms with E-state index in [1.807, 2.05) is 0 Å². The van der Waals surface area contributed by atoms with E-state index in [-0.39, 0.29) is 9.79 Å². The van der Waals surface area contributed by atoms with Crippen molar-refractivity contribution in [3.63, 3.8) is 0 Å². The SMILES string of the molecule is O=S(=O)(O)c1ccc(S)cc1S. The molecule has 3 nitrogen and oxygen atoms in total. The molecule has 0 spiro atoms. The molecule has 0 radical (unpaired) electrons. The van der Waals surface area contributed by atoms with E-state index in [0.29, 0.717) is 4.90 Å². The lowest BCUT2D eigenvalue weighted by atomic mass is 10.4. The van der Waals surface area contributed by atoms with Crippen molar-refractivity contribution in [2.24, 2.45) is 0 Å². The molecule has 0 aliphatic heterocycles. The van der Waals surface area contributed by atoms with Crippen molar-refractivity contribution in [3.05, 3.63) is 18.2 Å². The highest BCUT2D eigenvalue weighted by Crippen LogP contribution is 2.21. The Morgan fingerprint density at radius 2 is 1.83 bits per heavy atom. The van der Waals surface area contributed by atoms with Gasteiger partial charge in [-0.3, -0.25) is 4.55 Å². The van der Waals surface area contributed by atoms with E-state index in [1.165, 1.54) is 18.2 Å². The number of hydrogen-bond donors (Lipinski definition) is 3. The predicted molar refractivity (Wildman–Crippen MR) is 50.8 cm³/mol. The first kappa shape index (κ1) is 9.91. The molecular weight excluding hydrogens is 216 g/mol. The normalized spacial score (nSPS) is 11.6. The van der Waals surface area contributed by atoms with Crippen LogP contribution in [-0.2, 0) is 10.1 Å². The van der Waals surface area contributed by atoms with Crippen LogP contribution >= 0.6 is 25.3 Å². The summed E-state index contributed by atoms with van der Waals surface area (Å²) in [6.45, 7) is 0. The summed E-state index contributed by atoms with van der Waals surface area (Å²) in [6.07, 6.45) is 0. The molecule has 0 bridgehead atoms. The van der Waals surface area contributed by atoms with Crippen LogP contribution in [0.5, 0.6) is 0 Å². The van der Waals surface area contributed by atoms with Gasteiger partial charge in [0.15, 0.2) is 0 Å². The topological polar surface area (TPSA) is 54.4 Å². The van der Waals surface area contributed by atoms with Gasteiger partial charge in [0.2, 0.25) is 0 Å². The van der Waals surface area contributed by atoms with Gasteiger partial charge in [0.25, 0.3) is 10.1 Å². The lowest BCUT2D eigenvalue weighted by molar-refractivity contribution is 0.481. The maximum absolute atomic E-state index is 10.6. The smallest absolute Gasteiger partial charge is 0.282 e. The number of benzene rings is 1. The zero-order valence-corrected chi connectivity index (χ0v) is 8.40. The molecule has 66 valence electrons. The van der Waals surface area contributed by atoms with Gasteiger partial charge in [-0.25, -0.2) is 0 Å². The summed E-state index contributed by atoms with van der Waals surface area (Å²) in [5, 5.41) is 0. The highest BCUT2D eigenvalue weighted by molar-refractivity contribution is 7.87. The Labute approximate surface area is 81.4 Å². The van der Waals surface area contributed by atoms with Crippen molar-refractivity contribution >= 4 is 35.4 Å². The largest absolute Gasteiger partial charge is 0.295 e. The minimum Gasteiger partial charge on any atom is -0.282 e. The Hall–Kier alpha value is -0.170. The number of thiol groups is 2. The first-order valence-electron chi connectivity index (χ1n) is 2.91. The molecule has 1 aromatic carbocycles. The monoisotopic (exact) mass is 222 g/mol. The van der Waals surface area contributed by atoms with Gasteiger partial charge in [-0.15, -0.1) is 25.3 Å². The molecule has 0 heterocycles. The number of rotatable bonds is 1. The molecule has 6 heteroatoms. The van der Waals surface area contributed by atoms with Crippen molar-refractivity contribution < 1.29 is 13.0 Å². The van der Waals surface area contributed by atoms with Gasteiger partial charge in [0.05, 0.1) is 0 Å². The van der Waals surface area contributed by atoms with Crippen LogP contribution in [0.25, 0.3) is 0 Å². The fourth-order valence-electron chi connectivity index (χ4n) is 0.724. The Balaban J connectivity index is 3.39. The highest BCUT2D eigenvalue weighted by atomic mass is 32.2. The first-order chi connectivity index (χ1) is 5.41. The van der Waals surface area contributed by atoms with Crippen LogP contribution < -0.4 is 0 Å². The maximum atomic E-state index is 10.6. The van der Waals surface area contributed by atoms with E-state index < -0.39 is 10.1 Å². The molecule has 0 unspecified atom stereocenters. The lowest BCUT2D eigenvalue weighted by Crippen LogP contribution is -1.98. The third kappa shape index (κ3) is 2.16. The van der Waals surface area contributed by atoms with Crippen molar-refractivity contribution in [2.75, 3.05) is 0 Å². The van der Waals surface area contributed by atoms with E-state index >= 15 is 0 Å². The molecule has 0 amide bonds. The van der Waals surface area contributed by atoms with Crippen LogP contribution in [0.4, 0.5) is 0 Å². The first-order valence-corrected chi connectivity index (χ1v) is 5.24. The molecule has 0 atom stereocenters. The van der Waals surface area contributed by atoms with Gasteiger partial charge in [-0.1, -0.05) is 0 Å². The predicted octanol–water partition coefficient (Wildman–Crippen LogP) is 1.51. The molecule has 0 aromatic heterocycles. The molecule has 0 fully saturated rings. The zero-order chi connectivity index (χ0) is 9.35. The summed E-state index contributed by atoms with van der Waals surface area (Å²) in [5.41, 5.74) is 0. The fraction of sp³-hybridized carbons (Fsp3) is 0. The van der Waals surface area contributed by atoms with E-state index in [9.17, 15) is 8.42 Å². The van der Waals surface area contributed by atoms with Gasteiger partial charge in [-0.2, -0.15) is 8.42 Å². The lowest BCUT2D eigenvalue weighted by Gasteiger charge is -2.00. The molecule has 0 saturated carbocycles. The average molecular weight is 222 g/mol. The summed E-state index contributed by atoms with van der Waals surface area (Å²) in [6, 6.07) is 4.15. The molecule has 0 aliphatic carbocycles. The molecule has 1 rings (SSSR count). The molecule has 1 N–H and O–H groups in total. The summed E-state index contributed by atoms with van der Waals surface area (Å²) in [5.74, 6) is 0. The van der Waals surface area contributed by atoms with Crippen LogP contribution in [0.3, 0.4) is 0 Å². The van der Waals surface area contributed by atoms with E-state index in [4.69, 9.17) is 4.55 Å². The minimum absolute atomic E-state index is 0.185. The molecular formula is C6H6O3S3. The molecule has 12 heavy (non-hydrogen) atoms. The standard InChI is InChI=1S/C6H6O3S3/c7-12(8,9)6-2-1-4(10)3-5(6)11/h1-3,10-11H,(H,7,8,9). The fourth-order valence-corrected chi connectivity index (χ4v) is 2.15. The summed E-state index contributed by atoms with van der Waals surface area (Å²) in [4.78, 5) is 0.570. The van der Waals surface area contributed by atoms with Crippen LogP contribution in [0.15, 0.2) is 32.9 Å². The Morgan fingerprint density at radius 1 is 1.25 bits per heavy atom. The van der Waals surface area contributed by atoms with Gasteiger partial charge in [0.1, 0.15) is 4.90 Å². The van der Waals surface area contributed by atoms with Crippen molar-refractivity contribution in [1.82, 2.24) is 0 Å². The van der Waals surface area contributed by atoms with Crippen LogP contribution in [0.2, 0.25) is 0 Å². The van der Waals surface area contributed by atoms with Crippen molar-refractivity contribution in [1.29, 1.82) is 0 Å². The van der Waals surface area contributed by atoms with Crippen LogP contribution in [0.1, 0.15) is 0 Å². The van der Waals surface area contributed by atoms with Gasteiger partial charge in [-0.05, 0) is 18.2 Å². The van der Waals surface area contributed by atoms with E-state index in [2.05, 4.69) is 25.3 Å². The van der Waals surface area contributed by atoms with E-state index in [0.717, 1.165) is 0 Å². The van der Waals surface area contributed by atoms with Gasteiger partial charge >= 0.3 is 0 Å². The summed E-state index contributed by atoms with van der Waals surface area (Å²) in [7, 11) is -4.16. The van der Waals surface area contributed by atoms with Crippen LogP contribution in [-0.4, -0.2) is 13.0 Å². The third-order valence-corrected chi connectivity index (χ3v) is 2.93. The maximum Gasteiger partial charge on any atom is 0.295 e. The Kier molecular flexibility index (Phi) is 2.72. The van der Waals surface area contributed by atoms with Crippen molar-refractivity contribution in [3.8, 4) is 0 Å². The average Bonchev–Trinajstić information content (AvgIpc) is 1.83. The molecule has 1 aromatic rings. The Bertz CT molecular complexity index is 396. The van der Waals surface area contributed by atoms with Crippen LogP contribution in [0, 0.1) is 0 Å². The number of hydrogen-bond acceptors (Lipinski definition) is 4. The second-order valence-electron chi connectivity index (χ2n) is 2.13. The minimum atomic E-state index is -4.16. The quantitative estimate of drug-likeness (QED) is 0.498. The summed E-state index contributed by atoms with van der Waals surface area (Å²) >= 11 is 7.84. The highest BCUT2D eigenvalue weighted by Gasteiger charge is 2.12. The van der Waals surface area contributed by atoms with Crippen molar-refractivity contribution in [2.45, 2.75) is 14.7 Å². The third-order valence-electron chi connectivity index (χ3n) is 1.22. The molecule has 0 aliphatic rings. The van der Waals surface area contributed by atoms with E-state index in [1.54, 1.807) is 0 Å². The second-order valence-corrected chi connectivity index (χ2v) is 4.52.